The van der Waals surface area contributed by atoms with E-state index >= 15 is 0 Å². The molecule has 5 heteroatoms. The zero-order valence-electron chi connectivity index (χ0n) is 10.4. The summed E-state index contributed by atoms with van der Waals surface area (Å²) >= 11 is 5.25. The van der Waals surface area contributed by atoms with E-state index in [-0.39, 0.29) is 0 Å². The average Bonchev–Trinajstić information content (AvgIpc) is 2.90. The zero-order chi connectivity index (χ0) is 13.5. The molecule has 1 heterocycles. The molecule has 1 N–H and O–H groups in total. The second-order valence-corrected chi connectivity index (χ2v) is 4.95. The van der Waals surface area contributed by atoms with E-state index in [0.717, 1.165) is 27.2 Å². The molecule has 0 spiro atoms. The molecule has 0 unspecified atom stereocenters. The lowest BCUT2D eigenvalue weighted by molar-refractivity contribution is 0.794. The summed E-state index contributed by atoms with van der Waals surface area (Å²) in [7, 11) is 0. The Labute approximate surface area is 119 Å². The van der Waals surface area contributed by atoms with Crippen LogP contribution in [-0.2, 0) is 0 Å². The number of rotatable bonds is 1. The minimum Gasteiger partial charge on any atom is -0.208 e. The summed E-state index contributed by atoms with van der Waals surface area (Å²) < 4.78 is 2.17. The lowest BCUT2D eigenvalue weighted by atomic mass is 10.0. The molecule has 0 saturated heterocycles. The van der Waals surface area contributed by atoms with Gasteiger partial charge in [-0.3, -0.25) is 0 Å². The number of benzene rings is 3. The number of tetrazole rings is 1. The number of aromatic nitrogens is 4. The fourth-order valence-electron chi connectivity index (χ4n) is 2.57. The van der Waals surface area contributed by atoms with Crippen molar-refractivity contribution in [3.05, 3.63) is 59.4 Å². The standard InChI is InChI=1S/C15H10N4S/c20-15-16-17-18-19(15)14-12-7-3-1-5-10(12)9-11-6-2-4-8-13(11)14/h1-9H,(H,16,18,20). The summed E-state index contributed by atoms with van der Waals surface area (Å²) in [6.45, 7) is 0. The maximum atomic E-state index is 5.25. The van der Waals surface area contributed by atoms with Gasteiger partial charge >= 0.3 is 0 Å². The lowest BCUT2D eigenvalue weighted by Crippen LogP contribution is -1.99. The van der Waals surface area contributed by atoms with Gasteiger partial charge in [0.2, 0.25) is 4.77 Å². The second-order valence-electron chi connectivity index (χ2n) is 4.59. The molecular weight excluding hydrogens is 268 g/mol. The molecule has 4 rings (SSSR count). The average molecular weight is 278 g/mol. The van der Waals surface area contributed by atoms with Crippen LogP contribution < -0.4 is 0 Å². The van der Waals surface area contributed by atoms with Crippen LogP contribution in [0.15, 0.2) is 54.6 Å². The molecule has 3 aromatic carbocycles. The van der Waals surface area contributed by atoms with Crippen molar-refractivity contribution in [2.45, 2.75) is 0 Å². The highest BCUT2D eigenvalue weighted by Crippen LogP contribution is 2.30. The van der Waals surface area contributed by atoms with Gasteiger partial charge < -0.3 is 0 Å². The molecule has 0 aliphatic heterocycles. The first kappa shape index (κ1) is 11.3. The van der Waals surface area contributed by atoms with Crippen LogP contribution in [0, 0.1) is 4.77 Å². The number of hydrogen-bond donors (Lipinski definition) is 1. The SMILES string of the molecule is S=c1nn[nH]n1-c1c2ccccc2cc2ccccc12. The van der Waals surface area contributed by atoms with Gasteiger partial charge in [-0.15, -0.1) is 0 Å². The quantitative estimate of drug-likeness (QED) is 0.427. The first-order valence-electron chi connectivity index (χ1n) is 6.25. The third-order valence-electron chi connectivity index (χ3n) is 3.44. The van der Waals surface area contributed by atoms with Crippen molar-refractivity contribution in [3.63, 3.8) is 0 Å². The van der Waals surface area contributed by atoms with Crippen LogP contribution in [0.4, 0.5) is 0 Å². The van der Waals surface area contributed by atoms with Gasteiger partial charge in [-0.2, -0.15) is 5.21 Å². The molecule has 0 radical (unpaired) electrons. The third kappa shape index (κ3) is 1.57. The van der Waals surface area contributed by atoms with E-state index in [1.165, 1.54) is 0 Å². The molecule has 0 fully saturated rings. The molecule has 1 aromatic heterocycles. The van der Waals surface area contributed by atoms with Gasteiger partial charge in [-0.1, -0.05) is 58.8 Å². The lowest BCUT2D eigenvalue weighted by Gasteiger charge is -2.11. The maximum absolute atomic E-state index is 5.25. The van der Waals surface area contributed by atoms with Gasteiger partial charge in [0.05, 0.1) is 5.69 Å². The van der Waals surface area contributed by atoms with Crippen LogP contribution in [-0.4, -0.2) is 20.2 Å². The molecule has 0 amide bonds. The van der Waals surface area contributed by atoms with Gasteiger partial charge in [0.1, 0.15) is 0 Å². The number of nitrogens with one attached hydrogen (secondary N) is 1. The summed E-state index contributed by atoms with van der Waals surface area (Å²) in [5.74, 6) is 0. The topological polar surface area (TPSA) is 46.5 Å². The van der Waals surface area contributed by atoms with Crippen LogP contribution >= 0.6 is 12.2 Å². The second kappa shape index (κ2) is 4.25. The van der Waals surface area contributed by atoms with E-state index in [2.05, 4.69) is 45.9 Å². The van der Waals surface area contributed by atoms with E-state index in [4.69, 9.17) is 12.2 Å². The minimum atomic E-state index is 0.423. The predicted molar refractivity (Wildman–Crippen MR) is 81.6 cm³/mol. The van der Waals surface area contributed by atoms with E-state index in [9.17, 15) is 0 Å². The van der Waals surface area contributed by atoms with E-state index in [0.29, 0.717) is 4.77 Å². The van der Waals surface area contributed by atoms with E-state index < -0.39 is 0 Å². The van der Waals surface area contributed by atoms with Gasteiger partial charge in [-0.25, -0.2) is 4.68 Å². The van der Waals surface area contributed by atoms with Gasteiger partial charge in [0, 0.05) is 10.8 Å². The molecule has 0 aliphatic carbocycles. The Hall–Kier alpha value is -2.53. The van der Waals surface area contributed by atoms with Crippen molar-refractivity contribution in [1.29, 1.82) is 0 Å². The summed E-state index contributed by atoms with van der Waals surface area (Å²) in [6.07, 6.45) is 0. The summed E-state index contributed by atoms with van der Waals surface area (Å²) in [4.78, 5) is 0. The third-order valence-corrected chi connectivity index (χ3v) is 3.70. The van der Waals surface area contributed by atoms with Crippen molar-refractivity contribution in [3.8, 4) is 5.69 Å². The molecule has 4 nitrogen and oxygen atoms in total. The molecule has 0 bridgehead atoms. The highest BCUT2D eigenvalue weighted by molar-refractivity contribution is 7.71. The minimum absolute atomic E-state index is 0.423. The van der Waals surface area contributed by atoms with Gasteiger partial charge in [-0.05, 0) is 29.1 Å². The molecule has 0 saturated carbocycles. The molecule has 96 valence electrons. The fraction of sp³-hybridized carbons (Fsp3) is 0. The van der Waals surface area contributed by atoms with Crippen LogP contribution in [0.2, 0.25) is 0 Å². The van der Waals surface area contributed by atoms with E-state index in [1.807, 2.05) is 24.3 Å². The van der Waals surface area contributed by atoms with Crippen molar-refractivity contribution >= 4 is 33.8 Å². The molecule has 4 aromatic rings. The van der Waals surface area contributed by atoms with Crippen molar-refractivity contribution in [2.24, 2.45) is 0 Å². The zero-order valence-corrected chi connectivity index (χ0v) is 11.3. The largest absolute Gasteiger partial charge is 0.242 e. The Morgan fingerprint density at radius 3 is 2.05 bits per heavy atom. The van der Waals surface area contributed by atoms with Crippen LogP contribution in [0.25, 0.3) is 27.2 Å². The van der Waals surface area contributed by atoms with Crippen LogP contribution in [0.3, 0.4) is 0 Å². The number of H-pyrrole nitrogens is 1. The van der Waals surface area contributed by atoms with Gasteiger partial charge in [0.25, 0.3) is 0 Å². The van der Waals surface area contributed by atoms with Crippen molar-refractivity contribution < 1.29 is 0 Å². The molecule has 20 heavy (non-hydrogen) atoms. The Balaban J connectivity index is 2.30. The summed E-state index contributed by atoms with van der Waals surface area (Å²) in [5, 5.41) is 15.1. The number of hydrogen-bond acceptors (Lipinski definition) is 3. The Morgan fingerprint density at radius 2 is 1.50 bits per heavy atom. The summed E-state index contributed by atoms with van der Waals surface area (Å²) in [6, 6.07) is 18.6. The monoisotopic (exact) mass is 278 g/mol. The first-order valence-corrected chi connectivity index (χ1v) is 6.66. The molecular formula is C15H10N4S. The Bertz CT molecular complexity index is 930. The normalized spacial score (nSPS) is 11.2. The number of aromatic amines is 1. The number of fused-ring (bicyclic) bond motifs is 2. The molecule has 0 atom stereocenters. The van der Waals surface area contributed by atoms with Gasteiger partial charge in [0.15, 0.2) is 0 Å². The fourth-order valence-corrected chi connectivity index (χ4v) is 2.75. The van der Waals surface area contributed by atoms with Crippen LogP contribution in [0.1, 0.15) is 0 Å². The first-order chi connectivity index (χ1) is 9.84. The Kier molecular flexibility index (Phi) is 2.40. The predicted octanol–water partition coefficient (Wildman–Crippen LogP) is 3.63. The summed E-state index contributed by atoms with van der Waals surface area (Å²) in [5.41, 5.74) is 0.994. The number of nitrogens with zero attached hydrogens (tertiary/aromatic N) is 3. The van der Waals surface area contributed by atoms with Crippen molar-refractivity contribution in [2.75, 3.05) is 0 Å². The molecule has 0 aliphatic rings. The highest BCUT2D eigenvalue weighted by Gasteiger charge is 2.10. The smallest absolute Gasteiger partial charge is 0.208 e. The highest BCUT2D eigenvalue weighted by atomic mass is 32.1. The maximum Gasteiger partial charge on any atom is 0.242 e. The van der Waals surface area contributed by atoms with Crippen molar-refractivity contribution in [1.82, 2.24) is 20.2 Å². The van der Waals surface area contributed by atoms with Crippen LogP contribution in [0.5, 0.6) is 0 Å². The Morgan fingerprint density at radius 1 is 0.900 bits per heavy atom. The van der Waals surface area contributed by atoms with E-state index in [1.54, 1.807) is 4.68 Å².